The minimum absolute atomic E-state index is 0.00818. The van der Waals surface area contributed by atoms with Crippen molar-refractivity contribution in [1.29, 1.82) is 0 Å². The number of halogens is 6. The van der Waals surface area contributed by atoms with Crippen molar-refractivity contribution in [2.24, 2.45) is 5.92 Å². The molecule has 1 aliphatic rings. The summed E-state index contributed by atoms with van der Waals surface area (Å²) in [5, 5.41) is 5.13. The minimum Gasteiger partial charge on any atom is -0.326 e. The summed E-state index contributed by atoms with van der Waals surface area (Å²) in [6, 6.07) is 14.6. The van der Waals surface area contributed by atoms with Crippen LogP contribution in [0.2, 0.25) is 5.02 Å². The number of alkyl halides is 2. The van der Waals surface area contributed by atoms with Gasteiger partial charge in [-0.2, -0.15) is 0 Å². The molecule has 33 heavy (non-hydrogen) atoms. The van der Waals surface area contributed by atoms with Gasteiger partial charge in [0, 0.05) is 21.2 Å². The van der Waals surface area contributed by atoms with Crippen molar-refractivity contribution in [2.45, 2.75) is 10.3 Å². The van der Waals surface area contributed by atoms with Gasteiger partial charge in [-0.3, -0.25) is 9.59 Å². The molecule has 0 heterocycles. The summed E-state index contributed by atoms with van der Waals surface area (Å²) in [6.45, 7) is 0. The molecule has 2 atom stereocenters. The maximum Gasteiger partial charge on any atom is 0.257 e. The van der Waals surface area contributed by atoms with Crippen LogP contribution in [0.25, 0.3) is 0 Å². The van der Waals surface area contributed by atoms with Crippen LogP contribution in [0.1, 0.15) is 21.8 Å². The van der Waals surface area contributed by atoms with Crippen molar-refractivity contribution in [3.63, 3.8) is 0 Å². The molecule has 2 N–H and O–H groups in total. The summed E-state index contributed by atoms with van der Waals surface area (Å²) < 4.78 is 26.7. The van der Waals surface area contributed by atoms with Crippen LogP contribution in [0.15, 0.2) is 60.7 Å². The Morgan fingerprint density at radius 2 is 1.73 bits per heavy atom. The third kappa shape index (κ3) is 5.11. The molecule has 0 radical (unpaired) electrons. The van der Waals surface area contributed by atoms with E-state index in [1.165, 1.54) is 18.2 Å². The molecular formula is C23H14Cl3F2IN2O2. The summed E-state index contributed by atoms with van der Waals surface area (Å²) >= 11 is 21.1. The van der Waals surface area contributed by atoms with E-state index in [1.54, 1.807) is 0 Å². The molecule has 0 unspecified atom stereocenters. The lowest BCUT2D eigenvalue weighted by molar-refractivity contribution is -0.117. The number of amides is 2. The van der Waals surface area contributed by atoms with Crippen LogP contribution in [-0.4, -0.2) is 16.1 Å². The van der Waals surface area contributed by atoms with Gasteiger partial charge < -0.3 is 10.6 Å². The Balaban J connectivity index is 1.51. The number of benzene rings is 3. The van der Waals surface area contributed by atoms with Gasteiger partial charge in [-0.1, -0.05) is 23.7 Å². The molecule has 10 heteroatoms. The van der Waals surface area contributed by atoms with Crippen LogP contribution in [0.3, 0.4) is 0 Å². The summed E-state index contributed by atoms with van der Waals surface area (Å²) in [7, 11) is 0. The number of rotatable bonds is 5. The van der Waals surface area contributed by atoms with Gasteiger partial charge in [0.2, 0.25) is 5.91 Å². The van der Waals surface area contributed by atoms with E-state index in [2.05, 4.69) is 33.2 Å². The van der Waals surface area contributed by atoms with Gasteiger partial charge in [0.25, 0.3) is 5.91 Å². The Morgan fingerprint density at radius 3 is 2.42 bits per heavy atom. The Morgan fingerprint density at radius 1 is 0.970 bits per heavy atom. The van der Waals surface area contributed by atoms with Gasteiger partial charge in [0.15, 0.2) is 0 Å². The molecule has 3 aromatic rings. The average Bonchev–Trinajstić information content (AvgIpc) is 3.33. The first kappa shape index (κ1) is 24.2. The number of nitrogens with one attached hydrogen (secondary N) is 2. The molecule has 0 spiro atoms. The average molecular weight is 622 g/mol. The zero-order valence-corrected chi connectivity index (χ0v) is 20.9. The normalized spacial score (nSPS) is 18.5. The molecule has 1 aliphatic carbocycles. The Kier molecular flexibility index (Phi) is 6.87. The van der Waals surface area contributed by atoms with E-state index >= 15 is 0 Å². The second kappa shape index (κ2) is 9.37. The van der Waals surface area contributed by atoms with Crippen molar-refractivity contribution in [3.05, 3.63) is 92.0 Å². The first-order valence-electron chi connectivity index (χ1n) is 9.58. The number of carbonyl (C=O) groups excluding carboxylic acids is 2. The maximum absolute atomic E-state index is 13.9. The molecule has 0 aliphatic heterocycles. The van der Waals surface area contributed by atoms with Crippen molar-refractivity contribution in [2.75, 3.05) is 10.6 Å². The lowest BCUT2D eigenvalue weighted by Crippen LogP contribution is -2.18. The first-order valence-corrected chi connectivity index (χ1v) is 11.8. The summed E-state index contributed by atoms with van der Waals surface area (Å²) in [4.78, 5) is 25.5. The Bertz CT molecular complexity index is 1270. The third-order valence-electron chi connectivity index (χ3n) is 5.20. The topological polar surface area (TPSA) is 58.2 Å². The van der Waals surface area contributed by atoms with Crippen LogP contribution in [0.5, 0.6) is 0 Å². The second-order valence-corrected chi connectivity index (χ2v) is 10.5. The van der Waals surface area contributed by atoms with Gasteiger partial charge >= 0.3 is 0 Å². The minimum atomic E-state index is -1.26. The van der Waals surface area contributed by atoms with Crippen molar-refractivity contribution in [3.8, 4) is 0 Å². The monoisotopic (exact) mass is 620 g/mol. The van der Waals surface area contributed by atoms with E-state index in [9.17, 15) is 18.4 Å². The van der Waals surface area contributed by atoms with Gasteiger partial charge in [-0.05, 0) is 70.6 Å². The molecule has 170 valence electrons. The molecule has 1 fully saturated rings. The fourth-order valence-electron chi connectivity index (χ4n) is 3.55. The molecular weight excluding hydrogens is 608 g/mol. The summed E-state index contributed by atoms with van der Waals surface area (Å²) in [5.74, 6) is -3.92. The lowest BCUT2D eigenvalue weighted by atomic mass is 10.1. The first-order chi connectivity index (χ1) is 15.6. The Hall–Kier alpha value is -1.94. The largest absolute Gasteiger partial charge is 0.326 e. The summed E-state index contributed by atoms with van der Waals surface area (Å²) in [5.41, 5.74) is 0.918. The lowest BCUT2D eigenvalue weighted by Gasteiger charge is -2.11. The van der Waals surface area contributed by atoms with E-state index in [0.29, 0.717) is 6.07 Å². The SMILES string of the molecule is O=C(Nc1ccc(F)cc1F)c1cc(NC(=O)[C@H]2[C@H](c3cccc(I)c3)C2(Cl)Cl)ccc1Cl. The zero-order chi connectivity index (χ0) is 23.9. The highest BCUT2D eigenvalue weighted by Gasteiger charge is 2.67. The highest BCUT2D eigenvalue weighted by atomic mass is 127. The van der Waals surface area contributed by atoms with Crippen molar-refractivity contribution in [1.82, 2.24) is 0 Å². The van der Waals surface area contributed by atoms with E-state index in [-0.39, 0.29) is 27.9 Å². The second-order valence-electron chi connectivity index (χ2n) is 7.45. The Labute approximate surface area is 216 Å². The number of carbonyl (C=O) groups is 2. The molecule has 2 amide bonds. The van der Waals surface area contributed by atoms with Crippen LogP contribution in [-0.2, 0) is 4.79 Å². The standard InChI is InChI=1S/C23H14Cl3F2IN2O2/c24-16-6-5-14(10-15(16)21(32)31-18-7-4-12(27)9-17(18)28)30-22(33)20-19(23(20,25)26)11-2-1-3-13(29)8-11/h1-10,19-20H,(H,30,33)(H,31,32)/t19-,20+/m0/s1. The summed E-state index contributed by atoms with van der Waals surface area (Å²) in [6.07, 6.45) is 0. The van der Waals surface area contributed by atoms with E-state index in [1.807, 2.05) is 24.3 Å². The molecule has 0 saturated heterocycles. The van der Waals surface area contributed by atoms with Crippen molar-refractivity contribution >= 4 is 80.6 Å². The fourth-order valence-corrected chi connectivity index (χ4v) is 5.14. The molecule has 4 nitrogen and oxygen atoms in total. The van der Waals surface area contributed by atoms with Crippen molar-refractivity contribution < 1.29 is 18.4 Å². The van der Waals surface area contributed by atoms with Gasteiger partial charge in [-0.15, -0.1) is 23.2 Å². The van der Waals surface area contributed by atoms with E-state index in [4.69, 9.17) is 34.8 Å². The van der Waals surface area contributed by atoms with Crippen LogP contribution < -0.4 is 10.6 Å². The number of anilines is 2. The van der Waals surface area contributed by atoms with E-state index in [0.717, 1.165) is 21.3 Å². The molecule has 0 bridgehead atoms. The van der Waals surface area contributed by atoms with Crippen LogP contribution >= 0.6 is 57.4 Å². The molecule has 1 saturated carbocycles. The highest BCUT2D eigenvalue weighted by molar-refractivity contribution is 14.1. The van der Waals surface area contributed by atoms with Gasteiger partial charge in [0.05, 0.1) is 22.2 Å². The predicted molar refractivity (Wildman–Crippen MR) is 134 cm³/mol. The quantitative estimate of drug-likeness (QED) is 0.238. The smallest absolute Gasteiger partial charge is 0.257 e. The molecule has 4 rings (SSSR count). The number of hydrogen-bond acceptors (Lipinski definition) is 2. The van der Waals surface area contributed by atoms with Gasteiger partial charge in [0.1, 0.15) is 16.0 Å². The van der Waals surface area contributed by atoms with Crippen LogP contribution in [0.4, 0.5) is 20.2 Å². The van der Waals surface area contributed by atoms with E-state index < -0.39 is 33.7 Å². The maximum atomic E-state index is 13.9. The molecule has 3 aromatic carbocycles. The zero-order valence-electron chi connectivity index (χ0n) is 16.5. The van der Waals surface area contributed by atoms with Crippen LogP contribution in [0, 0.1) is 21.1 Å². The van der Waals surface area contributed by atoms with Gasteiger partial charge in [-0.25, -0.2) is 8.78 Å². The number of hydrogen-bond donors (Lipinski definition) is 2. The fraction of sp³-hybridized carbons (Fsp3) is 0.130. The molecule has 0 aromatic heterocycles. The third-order valence-corrected chi connectivity index (χ3v) is 7.14. The predicted octanol–water partition coefficient (Wildman–Crippen LogP) is 7.00. The highest BCUT2D eigenvalue weighted by Crippen LogP contribution is 2.65.